The van der Waals surface area contributed by atoms with Crippen LogP contribution in [-0.4, -0.2) is 43.7 Å². The highest BCUT2D eigenvalue weighted by atomic mass is 15.3. The van der Waals surface area contributed by atoms with Crippen LogP contribution < -0.4 is 10.2 Å². The van der Waals surface area contributed by atoms with Crippen molar-refractivity contribution in [1.82, 2.24) is 4.90 Å². The molecule has 2 fully saturated rings. The zero-order chi connectivity index (χ0) is 13.5. The number of hydrogen-bond acceptors (Lipinski definition) is 3. The van der Waals surface area contributed by atoms with Crippen LogP contribution in [0.2, 0.25) is 0 Å². The van der Waals surface area contributed by atoms with Gasteiger partial charge in [-0.15, -0.1) is 0 Å². The largest absolute Gasteiger partial charge is 0.385 e. The van der Waals surface area contributed by atoms with Gasteiger partial charge in [0.15, 0.2) is 0 Å². The lowest BCUT2D eigenvalue weighted by atomic mass is 9.99. The van der Waals surface area contributed by atoms with Crippen LogP contribution in [0.1, 0.15) is 31.2 Å². The molecule has 2 unspecified atom stereocenters. The van der Waals surface area contributed by atoms with Gasteiger partial charge in [0.05, 0.1) is 0 Å². The van der Waals surface area contributed by atoms with E-state index in [0.717, 1.165) is 18.6 Å². The van der Waals surface area contributed by atoms with E-state index in [1.807, 2.05) is 0 Å². The Morgan fingerprint density at radius 2 is 2.05 bits per heavy atom. The topological polar surface area (TPSA) is 18.5 Å². The number of hydrogen-bond donors (Lipinski definition) is 1. The van der Waals surface area contributed by atoms with E-state index in [4.69, 9.17) is 0 Å². The average molecular weight is 271 g/mol. The Labute approximate surface area is 121 Å². The van der Waals surface area contributed by atoms with E-state index in [0.29, 0.717) is 0 Å². The van der Waals surface area contributed by atoms with Crippen molar-refractivity contribution in [2.75, 3.05) is 36.9 Å². The zero-order valence-electron chi connectivity index (χ0n) is 12.4. The summed E-state index contributed by atoms with van der Waals surface area (Å²) in [6, 6.07) is 8.38. The van der Waals surface area contributed by atoms with Crippen LogP contribution in [0.25, 0.3) is 0 Å². The van der Waals surface area contributed by atoms with Crippen LogP contribution in [-0.2, 0) is 6.42 Å². The minimum atomic E-state index is 0.759. The van der Waals surface area contributed by atoms with Gasteiger partial charge in [-0.3, -0.25) is 4.90 Å². The summed E-state index contributed by atoms with van der Waals surface area (Å²) in [6.45, 7) is 3.56. The number of benzene rings is 1. The summed E-state index contributed by atoms with van der Waals surface area (Å²) in [6.07, 6.45) is 6.61. The molecule has 3 aliphatic rings. The number of nitrogens with one attached hydrogen (secondary N) is 1. The van der Waals surface area contributed by atoms with Gasteiger partial charge >= 0.3 is 0 Å². The van der Waals surface area contributed by atoms with E-state index in [-0.39, 0.29) is 0 Å². The summed E-state index contributed by atoms with van der Waals surface area (Å²) in [5, 5.41) is 3.56. The maximum atomic E-state index is 3.56. The van der Waals surface area contributed by atoms with Crippen molar-refractivity contribution in [3.8, 4) is 0 Å². The van der Waals surface area contributed by atoms with E-state index >= 15 is 0 Å². The van der Waals surface area contributed by atoms with Gasteiger partial charge in [-0.05, 0) is 56.8 Å². The highest BCUT2D eigenvalue weighted by Crippen LogP contribution is 2.35. The summed E-state index contributed by atoms with van der Waals surface area (Å²) in [7, 11) is 2.33. The molecule has 0 amide bonds. The van der Waals surface area contributed by atoms with Crippen LogP contribution in [0, 0.1) is 0 Å². The molecule has 1 aromatic rings. The molecule has 2 saturated heterocycles. The standard InChI is InChI=1S/C17H25N3/c1-19-13-7-8-14(19)12-20(11-9-13)17-6-2-5-16-15(17)4-3-10-18-16/h2,5-6,13-14,18H,3-4,7-12H2,1H3. The second kappa shape index (κ2) is 4.96. The van der Waals surface area contributed by atoms with Crippen LogP contribution >= 0.6 is 0 Å². The molecule has 108 valence electrons. The van der Waals surface area contributed by atoms with Gasteiger partial charge in [0.25, 0.3) is 0 Å². The third-order valence-electron chi connectivity index (χ3n) is 5.56. The van der Waals surface area contributed by atoms with Crippen molar-refractivity contribution in [2.45, 2.75) is 44.2 Å². The lowest BCUT2D eigenvalue weighted by Gasteiger charge is -2.31. The van der Waals surface area contributed by atoms with Gasteiger partial charge in [0.2, 0.25) is 0 Å². The molecule has 0 saturated carbocycles. The number of rotatable bonds is 1. The quantitative estimate of drug-likeness (QED) is 0.847. The Kier molecular flexibility index (Phi) is 3.10. The third kappa shape index (κ3) is 1.99. The lowest BCUT2D eigenvalue weighted by Crippen LogP contribution is -2.37. The predicted molar refractivity (Wildman–Crippen MR) is 84.7 cm³/mol. The number of likely N-dealkylation sites (N-methyl/N-ethyl adjacent to an activating group) is 1. The Morgan fingerprint density at radius 1 is 1.15 bits per heavy atom. The van der Waals surface area contributed by atoms with Crippen molar-refractivity contribution in [2.24, 2.45) is 0 Å². The van der Waals surface area contributed by atoms with E-state index in [1.54, 1.807) is 5.56 Å². The maximum Gasteiger partial charge on any atom is 0.0420 e. The van der Waals surface area contributed by atoms with Gasteiger partial charge in [-0.2, -0.15) is 0 Å². The summed E-state index contributed by atoms with van der Waals surface area (Å²) in [5.74, 6) is 0. The average Bonchev–Trinajstić information content (AvgIpc) is 2.72. The Bertz CT molecular complexity index is 499. The van der Waals surface area contributed by atoms with Crippen LogP contribution in [0.5, 0.6) is 0 Å². The molecule has 4 rings (SSSR count). The second-order valence-electron chi connectivity index (χ2n) is 6.62. The molecule has 1 N–H and O–H groups in total. The molecule has 3 heterocycles. The first-order valence-corrected chi connectivity index (χ1v) is 8.15. The van der Waals surface area contributed by atoms with Gasteiger partial charge in [-0.1, -0.05) is 6.07 Å². The first-order valence-electron chi connectivity index (χ1n) is 8.15. The van der Waals surface area contributed by atoms with Crippen LogP contribution in [0.4, 0.5) is 11.4 Å². The number of fused-ring (bicyclic) bond motifs is 3. The van der Waals surface area contributed by atoms with Crippen molar-refractivity contribution in [3.05, 3.63) is 23.8 Å². The Balaban J connectivity index is 1.64. The molecule has 0 radical (unpaired) electrons. The molecule has 0 aromatic heterocycles. The van der Waals surface area contributed by atoms with Crippen molar-refractivity contribution in [1.29, 1.82) is 0 Å². The normalized spacial score (nSPS) is 29.8. The predicted octanol–water partition coefficient (Wildman–Crippen LogP) is 2.72. The maximum absolute atomic E-state index is 3.56. The van der Waals surface area contributed by atoms with Crippen molar-refractivity contribution < 1.29 is 0 Å². The third-order valence-corrected chi connectivity index (χ3v) is 5.56. The highest BCUT2D eigenvalue weighted by Gasteiger charge is 2.35. The minimum Gasteiger partial charge on any atom is -0.385 e. The molecule has 0 aliphatic carbocycles. The highest BCUT2D eigenvalue weighted by molar-refractivity contribution is 5.68. The first-order chi connectivity index (χ1) is 9.83. The van der Waals surface area contributed by atoms with Crippen molar-refractivity contribution in [3.63, 3.8) is 0 Å². The molecular weight excluding hydrogens is 246 g/mol. The smallest absolute Gasteiger partial charge is 0.0420 e. The Morgan fingerprint density at radius 3 is 3.00 bits per heavy atom. The lowest BCUT2D eigenvalue weighted by molar-refractivity contribution is 0.254. The van der Waals surface area contributed by atoms with E-state index in [2.05, 4.69) is 40.4 Å². The number of nitrogens with zero attached hydrogens (tertiary/aromatic N) is 2. The summed E-state index contributed by atoms with van der Waals surface area (Å²) in [4.78, 5) is 5.29. The molecule has 0 spiro atoms. The minimum absolute atomic E-state index is 0.759. The van der Waals surface area contributed by atoms with Gasteiger partial charge < -0.3 is 10.2 Å². The summed E-state index contributed by atoms with van der Waals surface area (Å²) >= 11 is 0. The van der Waals surface area contributed by atoms with Crippen molar-refractivity contribution >= 4 is 11.4 Å². The van der Waals surface area contributed by atoms with Gasteiger partial charge in [-0.25, -0.2) is 0 Å². The fourth-order valence-electron chi connectivity index (χ4n) is 4.32. The fraction of sp³-hybridized carbons (Fsp3) is 0.647. The molecule has 20 heavy (non-hydrogen) atoms. The molecule has 3 heteroatoms. The fourth-order valence-corrected chi connectivity index (χ4v) is 4.32. The number of anilines is 2. The second-order valence-corrected chi connectivity index (χ2v) is 6.62. The molecule has 2 bridgehead atoms. The molecular formula is C17H25N3. The molecule has 2 atom stereocenters. The summed E-state index contributed by atoms with van der Waals surface area (Å²) < 4.78 is 0. The van der Waals surface area contributed by atoms with E-state index in [1.165, 1.54) is 56.6 Å². The molecule has 3 nitrogen and oxygen atoms in total. The van der Waals surface area contributed by atoms with Crippen LogP contribution in [0.3, 0.4) is 0 Å². The first kappa shape index (κ1) is 12.5. The van der Waals surface area contributed by atoms with Gasteiger partial charge in [0, 0.05) is 43.1 Å². The monoisotopic (exact) mass is 271 g/mol. The van der Waals surface area contributed by atoms with Gasteiger partial charge in [0.1, 0.15) is 0 Å². The SMILES string of the molecule is CN1C2CCC1CN(c1cccc3c1CCCN3)CC2. The van der Waals surface area contributed by atoms with E-state index < -0.39 is 0 Å². The van der Waals surface area contributed by atoms with E-state index in [9.17, 15) is 0 Å². The molecule has 3 aliphatic heterocycles. The van der Waals surface area contributed by atoms with Crippen LogP contribution in [0.15, 0.2) is 18.2 Å². The zero-order valence-corrected chi connectivity index (χ0v) is 12.4. The molecule has 1 aromatic carbocycles. The Hall–Kier alpha value is -1.22. The summed E-state index contributed by atoms with van der Waals surface area (Å²) in [5.41, 5.74) is 4.42.